The Hall–Kier alpha value is -2.16. The first kappa shape index (κ1) is 21.7. The standard InChI is InChI=1S/C23H33F2N5O2/c1-2-32-21(31)30-15-22(16-30)6-5-18(14-22)27-10-12-28(13-11-27)20-19(4-3-8-26-20)29-9-7-23(24,25)17-29/h3-4,8,18H,2,5-7,9-17H2,1H3. The highest BCUT2D eigenvalue weighted by molar-refractivity contribution is 5.69. The van der Waals surface area contributed by atoms with Gasteiger partial charge in [-0.2, -0.15) is 0 Å². The molecule has 5 rings (SSSR count). The van der Waals surface area contributed by atoms with Crippen LogP contribution in [0.3, 0.4) is 0 Å². The van der Waals surface area contributed by atoms with E-state index in [-0.39, 0.29) is 24.5 Å². The van der Waals surface area contributed by atoms with Gasteiger partial charge in [-0.25, -0.2) is 18.6 Å². The predicted molar refractivity (Wildman–Crippen MR) is 118 cm³/mol. The van der Waals surface area contributed by atoms with Crippen molar-refractivity contribution in [2.24, 2.45) is 5.41 Å². The Kier molecular flexibility index (Phi) is 5.63. The number of piperazine rings is 1. The number of carbonyl (C=O) groups excluding carboxylic acids is 1. The van der Waals surface area contributed by atoms with E-state index in [4.69, 9.17) is 4.74 Å². The monoisotopic (exact) mass is 449 g/mol. The fraction of sp³-hybridized carbons (Fsp3) is 0.739. The number of carbonyl (C=O) groups is 1. The molecule has 3 aliphatic heterocycles. The lowest BCUT2D eigenvalue weighted by Crippen LogP contribution is -2.58. The second-order valence-corrected chi connectivity index (χ2v) is 9.85. The van der Waals surface area contributed by atoms with Gasteiger partial charge in [0.1, 0.15) is 0 Å². The molecule has 0 N–H and O–H groups in total. The number of halogens is 2. The van der Waals surface area contributed by atoms with Crippen molar-refractivity contribution in [2.75, 3.05) is 68.8 Å². The third kappa shape index (κ3) is 4.11. The number of aromatic nitrogens is 1. The Morgan fingerprint density at radius 3 is 2.59 bits per heavy atom. The van der Waals surface area contributed by atoms with E-state index >= 15 is 0 Å². The fourth-order valence-corrected chi connectivity index (χ4v) is 6.00. The van der Waals surface area contributed by atoms with Crippen molar-refractivity contribution in [2.45, 2.75) is 44.6 Å². The van der Waals surface area contributed by atoms with Gasteiger partial charge >= 0.3 is 6.09 Å². The van der Waals surface area contributed by atoms with Crippen LogP contribution >= 0.6 is 0 Å². The Bertz CT molecular complexity index is 839. The minimum absolute atomic E-state index is 0.0911. The lowest BCUT2D eigenvalue weighted by Gasteiger charge is -2.48. The number of pyridine rings is 1. The highest BCUT2D eigenvalue weighted by Crippen LogP contribution is 2.47. The zero-order chi connectivity index (χ0) is 22.3. The third-order valence-corrected chi connectivity index (χ3v) is 7.66. The first-order chi connectivity index (χ1) is 15.4. The van der Waals surface area contributed by atoms with Crippen LogP contribution in [0.4, 0.5) is 25.1 Å². The van der Waals surface area contributed by atoms with E-state index in [1.54, 1.807) is 11.1 Å². The zero-order valence-electron chi connectivity index (χ0n) is 18.8. The van der Waals surface area contributed by atoms with Gasteiger partial charge < -0.3 is 19.4 Å². The second-order valence-electron chi connectivity index (χ2n) is 9.85. The van der Waals surface area contributed by atoms with E-state index in [2.05, 4.69) is 14.8 Å². The lowest BCUT2D eigenvalue weighted by molar-refractivity contribution is -0.00294. The molecule has 1 unspecified atom stereocenters. The van der Waals surface area contributed by atoms with E-state index in [9.17, 15) is 13.6 Å². The highest BCUT2D eigenvalue weighted by Gasteiger charge is 2.51. The number of ether oxygens (including phenoxy) is 1. The average Bonchev–Trinajstić information content (AvgIpc) is 3.37. The fourth-order valence-electron chi connectivity index (χ4n) is 6.00. The summed E-state index contributed by atoms with van der Waals surface area (Å²) in [5.74, 6) is -1.79. The molecule has 4 fully saturated rings. The summed E-state index contributed by atoms with van der Waals surface area (Å²) in [5, 5.41) is 0. The summed E-state index contributed by atoms with van der Waals surface area (Å²) in [6, 6.07) is 4.31. The normalized spacial score (nSPS) is 27.1. The summed E-state index contributed by atoms with van der Waals surface area (Å²) < 4.78 is 32.7. The number of amides is 1. The molecule has 1 saturated carbocycles. The summed E-state index contributed by atoms with van der Waals surface area (Å²) in [5.41, 5.74) is 1.09. The van der Waals surface area contributed by atoms with E-state index < -0.39 is 5.92 Å². The molecule has 1 atom stereocenters. The molecule has 1 aromatic heterocycles. The van der Waals surface area contributed by atoms with E-state index in [0.717, 1.165) is 57.2 Å². The largest absolute Gasteiger partial charge is 0.450 e. The first-order valence-corrected chi connectivity index (χ1v) is 11.9. The molecule has 176 valence electrons. The molecule has 32 heavy (non-hydrogen) atoms. The molecule has 9 heteroatoms. The quantitative estimate of drug-likeness (QED) is 0.704. The zero-order valence-corrected chi connectivity index (χ0v) is 18.8. The van der Waals surface area contributed by atoms with Crippen molar-refractivity contribution >= 4 is 17.6 Å². The smallest absolute Gasteiger partial charge is 0.409 e. The Morgan fingerprint density at radius 1 is 1.12 bits per heavy atom. The van der Waals surface area contributed by atoms with Crippen LogP contribution in [0.2, 0.25) is 0 Å². The van der Waals surface area contributed by atoms with Crippen molar-refractivity contribution in [1.29, 1.82) is 0 Å². The molecule has 0 aromatic carbocycles. The maximum absolute atomic E-state index is 13.8. The van der Waals surface area contributed by atoms with Crippen molar-refractivity contribution in [3.8, 4) is 0 Å². The van der Waals surface area contributed by atoms with Crippen LogP contribution < -0.4 is 9.80 Å². The lowest BCUT2D eigenvalue weighted by atomic mass is 9.78. The number of anilines is 2. The number of alkyl halides is 2. The molecular weight excluding hydrogens is 416 g/mol. The molecule has 4 aliphatic rings. The predicted octanol–water partition coefficient (Wildman–Crippen LogP) is 3.06. The van der Waals surface area contributed by atoms with Gasteiger partial charge in [0.05, 0.1) is 18.8 Å². The summed E-state index contributed by atoms with van der Waals surface area (Å²) in [6.45, 7) is 7.67. The van der Waals surface area contributed by atoms with Gasteiger partial charge in [0.2, 0.25) is 0 Å². The minimum atomic E-state index is -2.62. The highest BCUT2D eigenvalue weighted by atomic mass is 19.3. The Morgan fingerprint density at radius 2 is 1.91 bits per heavy atom. The van der Waals surface area contributed by atoms with Crippen molar-refractivity contribution < 1.29 is 18.3 Å². The molecule has 7 nitrogen and oxygen atoms in total. The van der Waals surface area contributed by atoms with Crippen LogP contribution in [-0.2, 0) is 4.74 Å². The van der Waals surface area contributed by atoms with Crippen molar-refractivity contribution in [3.63, 3.8) is 0 Å². The molecule has 1 amide bonds. The summed E-state index contributed by atoms with van der Waals surface area (Å²) >= 11 is 0. The van der Waals surface area contributed by atoms with Crippen LogP contribution in [0.25, 0.3) is 0 Å². The maximum atomic E-state index is 13.8. The first-order valence-electron chi connectivity index (χ1n) is 11.9. The molecule has 1 spiro atoms. The number of nitrogens with zero attached hydrogens (tertiary/aromatic N) is 5. The summed E-state index contributed by atoms with van der Waals surface area (Å²) in [7, 11) is 0. The molecule has 1 aliphatic carbocycles. The summed E-state index contributed by atoms with van der Waals surface area (Å²) in [6.07, 6.45) is 4.96. The van der Waals surface area contributed by atoms with E-state index in [0.29, 0.717) is 19.2 Å². The molecule has 0 bridgehead atoms. The van der Waals surface area contributed by atoms with Gasteiger partial charge in [-0.3, -0.25) is 4.90 Å². The summed E-state index contributed by atoms with van der Waals surface area (Å²) in [4.78, 5) is 24.9. The molecule has 0 radical (unpaired) electrons. The SMILES string of the molecule is CCOC(=O)N1CC2(CCC(N3CCN(c4ncccc4N4CCC(F)(F)C4)CC3)C2)C1. The van der Waals surface area contributed by atoms with E-state index in [1.165, 1.54) is 12.8 Å². The molecule has 4 heterocycles. The van der Waals surface area contributed by atoms with Gasteiger partial charge in [-0.05, 0) is 38.3 Å². The van der Waals surface area contributed by atoms with Crippen LogP contribution in [0, 0.1) is 5.41 Å². The van der Waals surface area contributed by atoms with Crippen LogP contribution in [0.5, 0.6) is 0 Å². The van der Waals surface area contributed by atoms with Gasteiger partial charge in [0, 0.05) is 69.9 Å². The second kappa shape index (κ2) is 8.32. The van der Waals surface area contributed by atoms with Gasteiger partial charge in [0.25, 0.3) is 5.92 Å². The van der Waals surface area contributed by atoms with Crippen LogP contribution in [0.15, 0.2) is 18.3 Å². The minimum Gasteiger partial charge on any atom is -0.450 e. The number of likely N-dealkylation sites (tertiary alicyclic amines) is 1. The molecule has 1 aromatic rings. The van der Waals surface area contributed by atoms with Crippen molar-refractivity contribution in [1.82, 2.24) is 14.8 Å². The topological polar surface area (TPSA) is 52.2 Å². The third-order valence-electron chi connectivity index (χ3n) is 7.66. The molecule has 3 saturated heterocycles. The van der Waals surface area contributed by atoms with Gasteiger partial charge in [-0.15, -0.1) is 0 Å². The van der Waals surface area contributed by atoms with Crippen molar-refractivity contribution in [3.05, 3.63) is 18.3 Å². The Labute approximate surface area is 188 Å². The maximum Gasteiger partial charge on any atom is 0.409 e. The van der Waals surface area contributed by atoms with Gasteiger partial charge in [-0.1, -0.05) is 0 Å². The number of hydrogen-bond acceptors (Lipinski definition) is 6. The van der Waals surface area contributed by atoms with Crippen LogP contribution in [0.1, 0.15) is 32.6 Å². The van der Waals surface area contributed by atoms with E-state index in [1.807, 2.05) is 24.0 Å². The Balaban J connectivity index is 1.16. The molecular formula is C23H33F2N5O2. The number of rotatable bonds is 4. The average molecular weight is 450 g/mol. The van der Waals surface area contributed by atoms with Crippen LogP contribution in [-0.4, -0.2) is 91.8 Å². The number of hydrogen-bond donors (Lipinski definition) is 0. The van der Waals surface area contributed by atoms with Gasteiger partial charge in [0.15, 0.2) is 5.82 Å².